The lowest BCUT2D eigenvalue weighted by Gasteiger charge is -2.10. The van der Waals surface area contributed by atoms with Crippen LogP contribution in [-0.4, -0.2) is 33.4 Å². The van der Waals surface area contributed by atoms with Crippen molar-refractivity contribution >= 4 is 27.2 Å². The number of rotatable bonds is 7. The molecule has 0 saturated carbocycles. The molecule has 19 heavy (non-hydrogen) atoms. The van der Waals surface area contributed by atoms with E-state index in [0.29, 0.717) is 11.5 Å². The standard InChI is InChI=1S/C11H16N2O4S2/c1-16-9-4-3-8(5-10(9)17-2)6-13-19(14,15)7-11(12)18/h3-5,13H,6-7H2,1-2H3,(H2,12,18). The first-order valence-electron chi connectivity index (χ1n) is 5.34. The topological polar surface area (TPSA) is 90.7 Å². The minimum absolute atomic E-state index is 0.0696. The average molecular weight is 304 g/mol. The highest BCUT2D eigenvalue weighted by Gasteiger charge is 2.12. The number of ether oxygens (including phenoxy) is 2. The summed E-state index contributed by atoms with van der Waals surface area (Å²) in [6.07, 6.45) is 0. The Labute approximate surface area is 117 Å². The number of benzene rings is 1. The SMILES string of the molecule is COc1ccc(CNS(=O)(=O)CC(N)=S)cc1OC. The van der Waals surface area contributed by atoms with Crippen molar-refractivity contribution in [2.24, 2.45) is 5.73 Å². The molecule has 0 aromatic heterocycles. The molecule has 0 bridgehead atoms. The Kier molecular flexibility index (Phi) is 5.52. The average Bonchev–Trinajstić information content (AvgIpc) is 2.34. The predicted molar refractivity (Wildman–Crippen MR) is 77.0 cm³/mol. The van der Waals surface area contributed by atoms with Crippen molar-refractivity contribution in [3.05, 3.63) is 23.8 Å². The molecule has 0 saturated heterocycles. The number of nitrogens with one attached hydrogen (secondary N) is 1. The van der Waals surface area contributed by atoms with Gasteiger partial charge in [0.05, 0.1) is 19.2 Å². The van der Waals surface area contributed by atoms with Crippen LogP contribution in [0.4, 0.5) is 0 Å². The molecule has 1 aromatic rings. The fraction of sp³-hybridized carbons (Fsp3) is 0.364. The maximum absolute atomic E-state index is 11.6. The largest absolute Gasteiger partial charge is 0.493 e. The van der Waals surface area contributed by atoms with E-state index in [1.54, 1.807) is 18.2 Å². The van der Waals surface area contributed by atoms with Gasteiger partial charge in [-0.1, -0.05) is 18.3 Å². The normalized spacial score (nSPS) is 11.1. The number of thiocarbonyl (C=S) groups is 1. The zero-order chi connectivity index (χ0) is 14.5. The highest BCUT2D eigenvalue weighted by atomic mass is 32.2. The fourth-order valence-corrected chi connectivity index (χ4v) is 2.75. The number of nitrogens with two attached hydrogens (primary N) is 1. The van der Waals surface area contributed by atoms with E-state index in [0.717, 1.165) is 5.56 Å². The van der Waals surface area contributed by atoms with Crippen LogP contribution in [0.1, 0.15) is 5.56 Å². The molecule has 106 valence electrons. The van der Waals surface area contributed by atoms with Crippen LogP contribution in [0.2, 0.25) is 0 Å². The van der Waals surface area contributed by atoms with E-state index in [1.165, 1.54) is 14.2 Å². The predicted octanol–water partition coefficient (Wildman–Crippen LogP) is 0.409. The van der Waals surface area contributed by atoms with Gasteiger partial charge in [-0.15, -0.1) is 0 Å². The molecule has 0 amide bonds. The second-order valence-corrected chi connectivity index (χ2v) is 6.07. The second kappa shape index (κ2) is 6.69. The summed E-state index contributed by atoms with van der Waals surface area (Å²) in [7, 11) is -0.460. The Balaban J connectivity index is 2.76. The summed E-state index contributed by atoms with van der Waals surface area (Å²) in [5.74, 6) is 0.751. The summed E-state index contributed by atoms with van der Waals surface area (Å²) >= 11 is 4.57. The monoisotopic (exact) mass is 304 g/mol. The van der Waals surface area contributed by atoms with Gasteiger partial charge in [0.15, 0.2) is 11.5 Å². The summed E-state index contributed by atoms with van der Waals surface area (Å²) in [6.45, 7) is 0.130. The van der Waals surface area contributed by atoms with E-state index < -0.39 is 10.0 Å². The third-order valence-electron chi connectivity index (χ3n) is 2.28. The Morgan fingerprint density at radius 2 is 1.95 bits per heavy atom. The lowest BCUT2D eigenvalue weighted by atomic mass is 10.2. The summed E-state index contributed by atoms with van der Waals surface area (Å²) in [5.41, 5.74) is 5.95. The van der Waals surface area contributed by atoms with E-state index in [4.69, 9.17) is 15.2 Å². The molecule has 0 fully saturated rings. The lowest BCUT2D eigenvalue weighted by Crippen LogP contribution is -2.31. The van der Waals surface area contributed by atoms with E-state index >= 15 is 0 Å². The first-order valence-corrected chi connectivity index (χ1v) is 7.40. The highest BCUT2D eigenvalue weighted by Crippen LogP contribution is 2.27. The van der Waals surface area contributed by atoms with Crippen molar-refractivity contribution in [3.8, 4) is 11.5 Å². The summed E-state index contributed by atoms with van der Waals surface area (Å²) in [5, 5.41) is 0. The van der Waals surface area contributed by atoms with Crippen molar-refractivity contribution in [3.63, 3.8) is 0 Å². The van der Waals surface area contributed by atoms with Crippen LogP contribution in [0.5, 0.6) is 11.5 Å². The molecule has 8 heteroatoms. The molecule has 6 nitrogen and oxygen atoms in total. The van der Waals surface area contributed by atoms with Gasteiger partial charge in [-0.05, 0) is 17.7 Å². The molecule has 0 aliphatic rings. The van der Waals surface area contributed by atoms with E-state index in [-0.39, 0.29) is 17.3 Å². The third-order valence-corrected chi connectivity index (χ3v) is 3.88. The highest BCUT2D eigenvalue weighted by molar-refractivity contribution is 7.92. The molecule has 0 spiro atoms. The van der Waals surface area contributed by atoms with Crippen LogP contribution in [0.25, 0.3) is 0 Å². The van der Waals surface area contributed by atoms with Gasteiger partial charge in [-0.25, -0.2) is 13.1 Å². The number of hydrogen-bond donors (Lipinski definition) is 2. The fourth-order valence-electron chi connectivity index (χ4n) is 1.42. The maximum Gasteiger partial charge on any atom is 0.218 e. The van der Waals surface area contributed by atoms with Gasteiger partial charge in [-0.3, -0.25) is 0 Å². The van der Waals surface area contributed by atoms with Gasteiger partial charge in [0.25, 0.3) is 0 Å². The van der Waals surface area contributed by atoms with Crippen molar-refractivity contribution in [2.75, 3.05) is 20.0 Å². The number of methoxy groups -OCH3 is 2. The lowest BCUT2D eigenvalue weighted by molar-refractivity contribution is 0.354. The van der Waals surface area contributed by atoms with Gasteiger partial charge in [0.2, 0.25) is 10.0 Å². The quantitative estimate of drug-likeness (QED) is 0.709. The summed E-state index contributed by atoms with van der Waals surface area (Å²) in [4.78, 5) is -0.0696. The smallest absolute Gasteiger partial charge is 0.218 e. The first-order chi connectivity index (χ1) is 8.88. The van der Waals surface area contributed by atoms with Crippen LogP contribution >= 0.6 is 12.2 Å². The third kappa shape index (κ3) is 5.01. The maximum atomic E-state index is 11.6. The molecule has 0 heterocycles. The van der Waals surface area contributed by atoms with Crippen LogP contribution < -0.4 is 19.9 Å². The Morgan fingerprint density at radius 1 is 1.32 bits per heavy atom. The molecule has 1 aromatic carbocycles. The second-order valence-electron chi connectivity index (χ2n) is 3.74. The van der Waals surface area contributed by atoms with Crippen LogP contribution in [-0.2, 0) is 16.6 Å². The molecule has 0 aliphatic heterocycles. The van der Waals surface area contributed by atoms with E-state index in [1.807, 2.05) is 0 Å². The number of hydrogen-bond acceptors (Lipinski definition) is 5. The van der Waals surface area contributed by atoms with Gasteiger partial charge < -0.3 is 15.2 Å². The minimum Gasteiger partial charge on any atom is -0.493 e. The minimum atomic E-state index is -3.50. The van der Waals surface area contributed by atoms with Gasteiger partial charge in [-0.2, -0.15) is 0 Å². The molecule has 0 aliphatic carbocycles. The Hall–Kier alpha value is -1.38. The van der Waals surface area contributed by atoms with Crippen LogP contribution in [0.3, 0.4) is 0 Å². The Bertz CT molecular complexity index is 558. The molecule has 0 atom stereocenters. The van der Waals surface area contributed by atoms with Gasteiger partial charge in [0, 0.05) is 6.54 Å². The first kappa shape index (κ1) is 15.7. The van der Waals surface area contributed by atoms with Crippen molar-refractivity contribution in [1.29, 1.82) is 0 Å². The summed E-state index contributed by atoms with van der Waals surface area (Å²) < 4.78 is 35.7. The molecular weight excluding hydrogens is 288 g/mol. The van der Waals surface area contributed by atoms with Crippen LogP contribution in [0, 0.1) is 0 Å². The van der Waals surface area contributed by atoms with Crippen molar-refractivity contribution < 1.29 is 17.9 Å². The molecule has 0 radical (unpaired) electrons. The van der Waals surface area contributed by atoms with Crippen molar-refractivity contribution in [2.45, 2.75) is 6.54 Å². The Morgan fingerprint density at radius 3 is 2.47 bits per heavy atom. The van der Waals surface area contributed by atoms with Gasteiger partial charge >= 0.3 is 0 Å². The number of sulfonamides is 1. The van der Waals surface area contributed by atoms with Crippen LogP contribution in [0.15, 0.2) is 18.2 Å². The van der Waals surface area contributed by atoms with E-state index in [2.05, 4.69) is 16.9 Å². The van der Waals surface area contributed by atoms with E-state index in [9.17, 15) is 8.42 Å². The van der Waals surface area contributed by atoms with Gasteiger partial charge in [0.1, 0.15) is 5.75 Å². The molecule has 3 N–H and O–H groups in total. The zero-order valence-corrected chi connectivity index (χ0v) is 12.3. The molecule has 1 rings (SSSR count). The molecular formula is C11H16N2O4S2. The zero-order valence-electron chi connectivity index (χ0n) is 10.7. The molecule has 0 unspecified atom stereocenters. The van der Waals surface area contributed by atoms with Crippen molar-refractivity contribution in [1.82, 2.24) is 4.72 Å². The summed E-state index contributed by atoms with van der Waals surface area (Å²) in [6, 6.07) is 5.14.